The highest BCUT2D eigenvalue weighted by Crippen LogP contribution is 2.29. The summed E-state index contributed by atoms with van der Waals surface area (Å²) in [5.41, 5.74) is 0. The van der Waals surface area contributed by atoms with E-state index in [1.165, 1.54) is 12.8 Å². The summed E-state index contributed by atoms with van der Waals surface area (Å²) in [7, 11) is 0. The van der Waals surface area contributed by atoms with Crippen molar-refractivity contribution >= 4 is 27.3 Å². The lowest BCUT2D eigenvalue weighted by atomic mass is 9.95. The van der Waals surface area contributed by atoms with Crippen LogP contribution in [0.3, 0.4) is 0 Å². The van der Waals surface area contributed by atoms with Crippen molar-refractivity contribution in [3.8, 4) is 10.7 Å². The monoisotopic (exact) mass is 327 g/mol. The van der Waals surface area contributed by atoms with Crippen molar-refractivity contribution in [3.05, 3.63) is 21.8 Å². The SMILES string of the molecule is Brc1ccc(-c2noc(CC3CCNCC3)n2)s1. The molecule has 0 aromatic carbocycles. The molecule has 1 saturated heterocycles. The first-order valence-corrected chi connectivity index (χ1v) is 7.71. The van der Waals surface area contributed by atoms with Crippen LogP contribution >= 0.6 is 27.3 Å². The molecule has 0 spiro atoms. The van der Waals surface area contributed by atoms with Gasteiger partial charge in [-0.2, -0.15) is 4.98 Å². The molecule has 0 unspecified atom stereocenters. The maximum Gasteiger partial charge on any atom is 0.227 e. The van der Waals surface area contributed by atoms with Gasteiger partial charge in [0.05, 0.1) is 8.66 Å². The molecule has 1 N–H and O–H groups in total. The van der Waals surface area contributed by atoms with Crippen LogP contribution in [0.4, 0.5) is 0 Å². The Kier molecular flexibility index (Phi) is 3.77. The van der Waals surface area contributed by atoms with Gasteiger partial charge in [0.25, 0.3) is 0 Å². The molecular weight excluding hydrogens is 314 g/mol. The fourth-order valence-electron chi connectivity index (χ4n) is 2.21. The van der Waals surface area contributed by atoms with Gasteiger partial charge in [-0.25, -0.2) is 0 Å². The first-order valence-electron chi connectivity index (χ1n) is 6.10. The molecule has 6 heteroatoms. The Bertz CT molecular complexity index is 519. The van der Waals surface area contributed by atoms with Crippen molar-refractivity contribution < 1.29 is 4.52 Å². The van der Waals surface area contributed by atoms with Gasteiger partial charge in [0.15, 0.2) is 0 Å². The summed E-state index contributed by atoms with van der Waals surface area (Å²) in [6.45, 7) is 2.20. The number of nitrogens with one attached hydrogen (secondary N) is 1. The van der Waals surface area contributed by atoms with Crippen molar-refractivity contribution in [3.63, 3.8) is 0 Å². The molecule has 0 saturated carbocycles. The minimum Gasteiger partial charge on any atom is -0.339 e. The lowest BCUT2D eigenvalue weighted by Gasteiger charge is -2.20. The topological polar surface area (TPSA) is 51.0 Å². The van der Waals surface area contributed by atoms with Crippen LogP contribution in [0.1, 0.15) is 18.7 Å². The average Bonchev–Trinajstić information content (AvgIpc) is 2.99. The van der Waals surface area contributed by atoms with Crippen molar-refractivity contribution in [1.29, 1.82) is 0 Å². The third-order valence-electron chi connectivity index (χ3n) is 3.18. The van der Waals surface area contributed by atoms with Gasteiger partial charge in [0.1, 0.15) is 0 Å². The summed E-state index contributed by atoms with van der Waals surface area (Å²) < 4.78 is 6.43. The zero-order chi connectivity index (χ0) is 12.4. The zero-order valence-corrected chi connectivity index (χ0v) is 12.3. The summed E-state index contributed by atoms with van der Waals surface area (Å²) in [6.07, 6.45) is 3.30. The second kappa shape index (κ2) is 5.50. The lowest BCUT2D eigenvalue weighted by molar-refractivity contribution is 0.313. The van der Waals surface area contributed by atoms with Gasteiger partial charge in [0, 0.05) is 6.42 Å². The molecule has 0 bridgehead atoms. The third-order valence-corrected chi connectivity index (χ3v) is 4.80. The summed E-state index contributed by atoms with van der Waals surface area (Å²) in [5.74, 6) is 2.14. The molecule has 3 heterocycles. The van der Waals surface area contributed by atoms with E-state index < -0.39 is 0 Å². The molecule has 96 valence electrons. The smallest absolute Gasteiger partial charge is 0.227 e. The highest BCUT2D eigenvalue weighted by molar-refractivity contribution is 9.11. The summed E-state index contributed by atoms with van der Waals surface area (Å²) in [6, 6.07) is 4.01. The first kappa shape index (κ1) is 12.3. The Morgan fingerprint density at radius 1 is 1.39 bits per heavy atom. The minimum atomic E-state index is 0.676. The largest absolute Gasteiger partial charge is 0.339 e. The van der Waals surface area contributed by atoms with E-state index in [0.29, 0.717) is 11.7 Å². The van der Waals surface area contributed by atoms with Crippen LogP contribution in [0.25, 0.3) is 10.7 Å². The van der Waals surface area contributed by atoms with Crippen LogP contribution in [-0.4, -0.2) is 23.2 Å². The molecule has 0 radical (unpaired) electrons. The number of nitrogens with zero attached hydrogens (tertiary/aromatic N) is 2. The van der Waals surface area contributed by atoms with E-state index in [-0.39, 0.29) is 0 Å². The zero-order valence-electron chi connectivity index (χ0n) is 9.86. The van der Waals surface area contributed by atoms with E-state index in [0.717, 1.165) is 34.1 Å². The Hall–Kier alpha value is -0.720. The van der Waals surface area contributed by atoms with Gasteiger partial charge in [-0.1, -0.05) is 5.16 Å². The van der Waals surface area contributed by atoms with E-state index >= 15 is 0 Å². The molecule has 3 rings (SSSR count). The number of hydrogen-bond acceptors (Lipinski definition) is 5. The Labute approximate surface area is 118 Å². The molecule has 2 aromatic heterocycles. The second-order valence-corrected chi connectivity index (χ2v) is 6.98. The maximum absolute atomic E-state index is 5.34. The summed E-state index contributed by atoms with van der Waals surface area (Å²) in [4.78, 5) is 5.52. The van der Waals surface area contributed by atoms with Gasteiger partial charge in [-0.3, -0.25) is 0 Å². The number of aromatic nitrogens is 2. The van der Waals surface area contributed by atoms with Gasteiger partial charge >= 0.3 is 0 Å². The fraction of sp³-hybridized carbons (Fsp3) is 0.500. The van der Waals surface area contributed by atoms with E-state index in [4.69, 9.17) is 4.52 Å². The minimum absolute atomic E-state index is 0.676. The molecule has 0 amide bonds. The number of thiophene rings is 1. The molecule has 1 aliphatic heterocycles. The van der Waals surface area contributed by atoms with Crippen LogP contribution in [0, 0.1) is 5.92 Å². The molecule has 4 nitrogen and oxygen atoms in total. The molecule has 1 aliphatic rings. The molecule has 18 heavy (non-hydrogen) atoms. The molecule has 2 aromatic rings. The van der Waals surface area contributed by atoms with E-state index in [1.807, 2.05) is 12.1 Å². The highest BCUT2D eigenvalue weighted by atomic mass is 79.9. The third kappa shape index (κ3) is 2.81. The Balaban J connectivity index is 1.69. The van der Waals surface area contributed by atoms with Crippen molar-refractivity contribution in [2.75, 3.05) is 13.1 Å². The second-order valence-electron chi connectivity index (χ2n) is 4.51. The molecular formula is C12H14BrN3OS. The van der Waals surface area contributed by atoms with Gasteiger partial charge < -0.3 is 9.84 Å². The summed E-state index contributed by atoms with van der Waals surface area (Å²) in [5, 5.41) is 7.42. The van der Waals surface area contributed by atoms with Crippen LogP contribution < -0.4 is 5.32 Å². The fourth-order valence-corrected chi connectivity index (χ4v) is 3.52. The summed E-state index contributed by atoms with van der Waals surface area (Å²) >= 11 is 5.06. The number of hydrogen-bond donors (Lipinski definition) is 1. The van der Waals surface area contributed by atoms with E-state index in [9.17, 15) is 0 Å². The van der Waals surface area contributed by atoms with Crippen LogP contribution in [0.15, 0.2) is 20.4 Å². The van der Waals surface area contributed by atoms with Crippen LogP contribution in [0.2, 0.25) is 0 Å². The Morgan fingerprint density at radius 2 is 2.22 bits per heavy atom. The van der Waals surface area contributed by atoms with Crippen LogP contribution in [-0.2, 0) is 6.42 Å². The Morgan fingerprint density at radius 3 is 2.94 bits per heavy atom. The van der Waals surface area contributed by atoms with E-state index in [2.05, 4.69) is 31.4 Å². The first-order chi connectivity index (χ1) is 8.81. The maximum atomic E-state index is 5.34. The van der Waals surface area contributed by atoms with Gasteiger partial charge in [-0.15, -0.1) is 11.3 Å². The normalized spacial score (nSPS) is 17.2. The van der Waals surface area contributed by atoms with Crippen molar-refractivity contribution in [2.24, 2.45) is 5.92 Å². The quantitative estimate of drug-likeness (QED) is 0.941. The molecule has 0 aliphatic carbocycles. The average molecular weight is 328 g/mol. The number of piperidine rings is 1. The molecule has 1 fully saturated rings. The van der Waals surface area contributed by atoms with Crippen LogP contribution in [0.5, 0.6) is 0 Å². The van der Waals surface area contributed by atoms with Crippen molar-refractivity contribution in [2.45, 2.75) is 19.3 Å². The van der Waals surface area contributed by atoms with Gasteiger partial charge in [-0.05, 0) is 59.9 Å². The number of halogens is 1. The van der Waals surface area contributed by atoms with Crippen molar-refractivity contribution in [1.82, 2.24) is 15.5 Å². The standard InChI is InChI=1S/C12H14BrN3OS/c13-10-2-1-9(18-10)12-15-11(17-16-12)7-8-3-5-14-6-4-8/h1-2,8,14H,3-7H2. The predicted octanol–water partition coefficient (Wildman–Crippen LogP) is 3.10. The van der Waals surface area contributed by atoms with Gasteiger partial charge in [0.2, 0.25) is 11.7 Å². The van der Waals surface area contributed by atoms with E-state index in [1.54, 1.807) is 11.3 Å². The number of rotatable bonds is 3. The lowest BCUT2D eigenvalue weighted by Crippen LogP contribution is -2.28. The predicted molar refractivity (Wildman–Crippen MR) is 74.6 cm³/mol. The highest BCUT2D eigenvalue weighted by Gasteiger charge is 2.18. The molecule has 0 atom stereocenters.